The van der Waals surface area contributed by atoms with Crippen LogP contribution in [-0.4, -0.2) is 45.9 Å². The Balaban J connectivity index is 1.49. The van der Waals surface area contributed by atoms with Crippen LogP contribution >= 0.6 is 0 Å². The van der Waals surface area contributed by atoms with Gasteiger partial charge in [-0.25, -0.2) is 4.79 Å². The molecule has 7 nitrogen and oxygen atoms in total. The molecule has 0 unspecified atom stereocenters. The molecule has 1 aliphatic rings. The van der Waals surface area contributed by atoms with Crippen LogP contribution in [0.4, 0.5) is 10.5 Å². The second kappa shape index (κ2) is 9.51. The highest BCUT2D eigenvalue weighted by Gasteiger charge is 2.23. The van der Waals surface area contributed by atoms with Crippen LogP contribution in [0.25, 0.3) is 0 Å². The van der Waals surface area contributed by atoms with E-state index in [1.165, 1.54) is 0 Å². The molecule has 150 valence electrons. The summed E-state index contributed by atoms with van der Waals surface area (Å²) in [7, 11) is 3.12. The molecule has 1 N–H and O–H groups in total. The third-order valence-corrected chi connectivity index (χ3v) is 4.36. The quantitative estimate of drug-likeness (QED) is 0.762. The van der Waals surface area contributed by atoms with Gasteiger partial charge in [0.05, 0.1) is 33.7 Å². The Labute approximate surface area is 169 Å². The van der Waals surface area contributed by atoms with Gasteiger partial charge in [0.25, 0.3) is 0 Å². The molecule has 0 atom stereocenters. The Bertz CT molecular complexity index is 944. The van der Waals surface area contributed by atoms with Crippen LogP contribution in [0, 0.1) is 11.8 Å². The number of nitrogens with zero attached hydrogens (tertiary/aromatic N) is 1. The van der Waals surface area contributed by atoms with Crippen molar-refractivity contribution in [3.05, 3.63) is 53.6 Å². The summed E-state index contributed by atoms with van der Waals surface area (Å²) in [5.41, 5.74) is 2.40. The van der Waals surface area contributed by atoms with Crippen molar-refractivity contribution in [1.82, 2.24) is 5.32 Å². The van der Waals surface area contributed by atoms with Gasteiger partial charge in [-0.1, -0.05) is 17.9 Å². The van der Waals surface area contributed by atoms with Crippen molar-refractivity contribution >= 4 is 17.7 Å². The summed E-state index contributed by atoms with van der Waals surface area (Å²) < 4.78 is 15.4. The normalized spacial score (nSPS) is 12.6. The third-order valence-electron chi connectivity index (χ3n) is 4.36. The van der Waals surface area contributed by atoms with Crippen molar-refractivity contribution in [2.24, 2.45) is 0 Å². The Hall–Kier alpha value is -3.66. The summed E-state index contributed by atoms with van der Waals surface area (Å²) in [6.07, 6.45) is -0.108. The van der Waals surface area contributed by atoms with E-state index in [0.29, 0.717) is 24.7 Å². The first-order valence-corrected chi connectivity index (χ1v) is 9.11. The Kier molecular flexibility index (Phi) is 6.59. The molecule has 3 rings (SSSR count). The molecular weight excluding hydrogens is 372 g/mol. The van der Waals surface area contributed by atoms with Gasteiger partial charge in [-0.05, 0) is 42.0 Å². The number of hydrogen-bond acceptors (Lipinski definition) is 5. The largest absolute Gasteiger partial charge is 0.493 e. The molecule has 0 aromatic heterocycles. The standard InChI is InChI=1S/C22H22N2O5/c1-27-19-10-7-17(14-20(19)28-2)15-21(25)23-11-3-4-16-5-8-18(9-6-16)24-12-13-29-22(24)26/h5-10,14H,11-13,15H2,1-2H3,(H,23,25). The van der Waals surface area contributed by atoms with E-state index in [4.69, 9.17) is 14.2 Å². The molecule has 1 saturated heterocycles. The van der Waals surface area contributed by atoms with E-state index in [1.807, 2.05) is 30.3 Å². The number of hydrogen-bond donors (Lipinski definition) is 1. The van der Waals surface area contributed by atoms with Crippen molar-refractivity contribution in [2.45, 2.75) is 6.42 Å². The minimum Gasteiger partial charge on any atom is -0.493 e. The number of rotatable bonds is 6. The van der Waals surface area contributed by atoms with Gasteiger partial charge < -0.3 is 19.5 Å². The topological polar surface area (TPSA) is 77.1 Å². The minimum absolute atomic E-state index is 0.130. The van der Waals surface area contributed by atoms with Gasteiger partial charge in [0.1, 0.15) is 6.61 Å². The monoisotopic (exact) mass is 394 g/mol. The number of nitrogens with one attached hydrogen (secondary N) is 1. The van der Waals surface area contributed by atoms with Crippen LogP contribution < -0.4 is 19.7 Å². The molecule has 0 aliphatic carbocycles. The summed E-state index contributed by atoms with van der Waals surface area (Å²) in [5.74, 6) is 6.99. The van der Waals surface area contributed by atoms with E-state index in [0.717, 1.165) is 16.8 Å². The lowest BCUT2D eigenvalue weighted by Crippen LogP contribution is -2.25. The lowest BCUT2D eigenvalue weighted by molar-refractivity contribution is -0.120. The maximum absolute atomic E-state index is 12.1. The van der Waals surface area contributed by atoms with Crippen molar-refractivity contribution < 1.29 is 23.8 Å². The fraction of sp³-hybridized carbons (Fsp3) is 0.273. The van der Waals surface area contributed by atoms with E-state index in [2.05, 4.69) is 17.2 Å². The highest BCUT2D eigenvalue weighted by atomic mass is 16.6. The molecular formula is C22H22N2O5. The SMILES string of the molecule is COc1ccc(CC(=O)NCC#Cc2ccc(N3CCOC3=O)cc2)cc1OC. The van der Waals surface area contributed by atoms with Crippen molar-refractivity contribution in [3.8, 4) is 23.3 Å². The molecule has 1 fully saturated rings. The zero-order valence-corrected chi connectivity index (χ0v) is 16.4. The van der Waals surface area contributed by atoms with Gasteiger partial charge in [0.2, 0.25) is 5.91 Å². The summed E-state index contributed by atoms with van der Waals surface area (Å²) in [6.45, 7) is 1.20. The summed E-state index contributed by atoms with van der Waals surface area (Å²) in [5, 5.41) is 2.78. The van der Waals surface area contributed by atoms with Gasteiger partial charge in [-0.15, -0.1) is 0 Å². The van der Waals surface area contributed by atoms with E-state index < -0.39 is 0 Å². The van der Waals surface area contributed by atoms with Gasteiger partial charge in [0, 0.05) is 11.3 Å². The van der Waals surface area contributed by atoms with Crippen LogP contribution in [-0.2, 0) is 16.0 Å². The zero-order valence-electron chi connectivity index (χ0n) is 16.4. The molecule has 1 aliphatic heterocycles. The maximum Gasteiger partial charge on any atom is 0.414 e. The minimum atomic E-state index is -0.332. The van der Waals surface area contributed by atoms with Gasteiger partial charge in [-0.3, -0.25) is 9.69 Å². The van der Waals surface area contributed by atoms with Crippen LogP contribution in [0.3, 0.4) is 0 Å². The van der Waals surface area contributed by atoms with Crippen molar-refractivity contribution in [3.63, 3.8) is 0 Å². The second-order valence-electron chi connectivity index (χ2n) is 6.26. The van der Waals surface area contributed by atoms with Crippen LogP contribution in [0.15, 0.2) is 42.5 Å². The second-order valence-corrected chi connectivity index (χ2v) is 6.26. The number of methoxy groups -OCH3 is 2. The molecule has 1 heterocycles. The first-order chi connectivity index (χ1) is 14.1. The van der Waals surface area contributed by atoms with Gasteiger partial charge in [-0.2, -0.15) is 0 Å². The Morgan fingerprint density at radius 1 is 1.14 bits per heavy atom. The van der Waals surface area contributed by atoms with Gasteiger partial charge >= 0.3 is 6.09 Å². The summed E-state index contributed by atoms with van der Waals surface area (Å²) in [4.78, 5) is 25.2. The van der Waals surface area contributed by atoms with Crippen LogP contribution in [0.5, 0.6) is 11.5 Å². The average Bonchev–Trinajstić information content (AvgIpc) is 3.17. The number of carbonyl (C=O) groups excluding carboxylic acids is 2. The zero-order chi connectivity index (χ0) is 20.6. The van der Waals surface area contributed by atoms with E-state index >= 15 is 0 Å². The maximum atomic E-state index is 12.1. The molecule has 0 spiro atoms. The number of carbonyl (C=O) groups is 2. The van der Waals surface area contributed by atoms with Crippen molar-refractivity contribution in [1.29, 1.82) is 0 Å². The average molecular weight is 394 g/mol. The lowest BCUT2D eigenvalue weighted by atomic mass is 10.1. The number of anilines is 1. The molecule has 2 amide bonds. The molecule has 0 saturated carbocycles. The molecule has 7 heteroatoms. The lowest BCUT2D eigenvalue weighted by Gasteiger charge is -2.11. The van der Waals surface area contributed by atoms with Crippen molar-refractivity contribution in [2.75, 3.05) is 38.8 Å². The highest BCUT2D eigenvalue weighted by molar-refractivity contribution is 5.89. The number of amides is 2. The van der Waals surface area contributed by atoms with E-state index in [9.17, 15) is 9.59 Å². The van der Waals surface area contributed by atoms with Crippen LogP contribution in [0.1, 0.15) is 11.1 Å². The fourth-order valence-corrected chi connectivity index (χ4v) is 2.88. The summed E-state index contributed by atoms with van der Waals surface area (Å²) in [6, 6.07) is 12.7. The van der Waals surface area contributed by atoms with E-state index in [1.54, 1.807) is 31.3 Å². The third kappa shape index (κ3) is 5.20. The van der Waals surface area contributed by atoms with Crippen LogP contribution in [0.2, 0.25) is 0 Å². The molecule has 2 aromatic carbocycles. The highest BCUT2D eigenvalue weighted by Crippen LogP contribution is 2.27. The Morgan fingerprint density at radius 3 is 2.55 bits per heavy atom. The molecule has 0 radical (unpaired) electrons. The smallest absolute Gasteiger partial charge is 0.414 e. The van der Waals surface area contributed by atoms with Gasteiger partial charge in [0.15, 0.2) is 11.5 Å². The molecule has 0 bridgehead atoms. The fourth-order valence-electron chi connectivity index (χ4n) is 2.88. The summed E-state index contributed by atoms with van der Waals surface area (Å²) >= 11 is 0. The first-order valence-electron chi connectivity index (χ1n) is 9.11. The molecule has 29 heavy (non-hydrogen) atoms. The number of ether oxygens (including phenoxy) is 3. The number of benzene rings is 2. The first kappa shape index (κ1) is 20.1. The molecule has 2 aromatic rings. The predicted molar refractivity (Wildman–Crippen MR) is 108 cm³/mol. The predicted octanol–water partition coefficient (Wildman–Crippen LogP) is 2.37. The van der Waals surface area contributed by atoms with E-state index in [-0.39, 0.29) is 25.0 Å². The number of cyclic esters (lactones) is 1. The Morgan fingerprint density at radius 2 is 1.90 bits per heavy atom.